The molecule has 1 aromatic rings. The molecular formula is C10H10F2N2O. The number of rotatable bonds is 1. The number of hydrogen-bond donors (Lipinski definition) is 2. The number of nitrogens with one attached hydrogen (secondary N) is 2. The molecule has 1 aliphatic heterocycles. The molecule has 80 valence electrons. The van der Waals surface area contributed by atoms with E-state index in [2.05, 4.69) is 10.6 Å². The van der Waals surface area contributed by atoms with Crippen LogP contribution in [-0.4, -0.2) is 19.0 Å². The maximum absolute atomic E-state index is 13.4. The second-order valence-corrected chi connectivity index (χ2v) is 3.32. The molecule has 1 fully saturated rings. The topological polar surface area (TPSA) is 41.1 Å². The molecule has 0 aliphatic carbocycles. The van der Waals surface area contributed by atoms with E-state index in [4.69, 9.17) is 0 Å². The summed E-state index contributed by atoms with van der Waals surface area (Å²) in [7, 11) is 0. The standard InChI is InChI=1S/C10H10F2N2O/c11-7-3-1-2-6(8(7)12)9-10(15)14-5-4-13-9/h1-3,9,13H,4-5H2,(H,14,15). The number of halogens is 2. The summed E-state index contributed by atoms with van der Waals surface area (Å²) in [5.74, 6) is -2.23. The van der Waals surface area contributed by atoms with Crippen molar-refractivity contribution in [1.29, 1.82) is 0 Å². The fourth-order valence-corrected chi connectivity index (χ4v) is 1.59. The van der Waals surface area contributed by atoms with E-state index in [1.165, 1.54) is 12.1 Å². The highest BCUT2D eigenvalue weighted by molar-refractivity contribution is 5.83. The summed E-state index contributed by atoms with van der Waals surface area (Å²) in [5, 5.41) is 5.42. The number of carbonyl (C=O) groups is 1. The van der Waals surface area contributed by atoms with Crippen LogP contribution in [0.15, 0.2) is 18.2 Å². The zero-order chi connectivity index (χ0) is 10.8. The molecule has 1 saturated heterocycles. The van der Waals surface area contributed by atoms with Crippen molar-refractivity contribution in [2.24, 2.45) is 0 Å². The molecule has 1 amide bonds. The Kier molecular flexibility index (Phi) is 2.64. The largest absolute Gasteiger partial charge is 0.353 e. The summed E-state index contributed by atoms with van der Waals surface area (Å²) >= 11 is 0. The van der Waals surface area contributed by atoms with Gasteiger partial charge in [0.2, 0.25) is 5.91 Å². The molecule has 0 bridgehead atoms. The predicted octanol–water partition coefficient (Wildman–Crippen LogP) is 0.725. The molecule has 0 saturated carbocycles. The van der Waals surface area contributed by atoms with E-state index in [1.807, 2.05) is 0 Å². The van der Waals surface area contributed by atoms with E-state index in [0.717, 1.165) is 6.07 Å². The van der Waals surface area contributed by atoms with Crippen LogP contribution in [-0.2, 0) is 4.79 Å². The molecule has 5 heteroatoms. The normalized spacial score (nSPS) is 21.2. The van der Waals surface area contributed by atoms with Crippen molar-refractivity contribution in [3.63, 3.8) is 0 Å². The first-order chi connectivity index (χ1) is 7.20. The van der Waals surface area contributed by atoms with Gasteiger partial charge in [-0.15, -0.1) is 0 Å². The first kappa shape index (κ1) is 10.0. The molecule has 1 aliphatic rings. The van der Waals surface area contributed by atoms with E-state index in [-0.39, 0.29) is 11.5 Å². The minimum atomic E-state index is -0.966. The van der Waals surface area contributed by atoms with Gasteiger partial charge in [-0.1, -0.05) is 12.1 Å². The summed E-state index contributed by atoms with van der Waals surface area (Å²) < 4.78 is 26.3. The van der Waals surface area contributed by atoms with Crippen molar-refractivity contribution < 1.29 is 13.6 Å². The van der Waals surface area contributed by atoms with Crippen LogP contribution < -0.4 is 10.6 Å². The van der Waals surface area contributed by atoms with Gasteiger partial charge in [0.25, 0.3) is 0 Å². The van der Waals surface area contributed by atoms with E-state index < -0.39 is 17.7 Å². The molecule has 1 heterocycles. The first-order valence-electron chi connectivity index (χ1n) is 4.65. The van der Waals surface area contributed by atoms with Gasteiger partial charge < -0.3 is 10.6 Å². The van der Waals surface area contributed by atoms with Crippen LogP contribution in [0.4, 0.5) is 8.78 Å². The van der Waals surface area contributed by atoms with Crippen molar-refractivity contribution in [2.45, 2.75) is 6.04 Å². The molecule has 1 aromatic carbocycles. The van der Waals surface area contributed by atoms with Crippen LogP contribution in [0.3, 0.4) is 0 Å². The average molecular weight is 212 g/mol. The lowest BCUT2D eigenvalue weighted by Gasteiger charge is -2.24. The zero-order valence-corrected chi connectivity index (χ0v) is 7.89. The maximum Gasteiger partial charge on any atom is 0.241 e. The molecule has 2 rings (SSSR count). The van der Waals surface area contributed by atoms with Gasteiger partial charge in [-0.05, 0) is 6.07 Å². The minimum absolute atomic E-state index is 0.0483. The van der Waals surface area contributed by atoms with Crippen LogP contribution in [0.2, 0.25) is 0 Å². The van der Waals surface area contributed by atoms with Gasteiger partial charge in [0.05, 0.1) is 0 Å². The lowest BCUT2D eigenvalue weighted by Crippen LogP contribution is -2.47. The van der Waals surface area contributed by atoms with Gasteiger partial charge in [0, 0.05) is 18.7 Å². The van der Waals surface area contributed by atoms with Gasteiger partial charge in [-0.3, -0.25) is 4.79 Å². The van der Waals surface area contributed by atoms with Gasteiger partial charge in [0.15, 0.2) is 11.6 Å². The van der Waals surface area contributed by atoms with Gasteiger partial charge in [0.1, 0.15) is 6.04 Å². The van der Waals surface area contributed by atoms with E-state index in [0.29, 0.717) is 13.1 Å². The molecule has 1 unspecified atom stereocenters. The summed E-state index contributed by atoms with van der Waals surface area (Å²) in [4.78, 5) is 11.4. The Bertz CT molecular complexity index is 395. The highest BCUT2D eigenvalue weighted by Crippen LogP contribution is 2.20. The molecule has 0 aromatic heterocycles. The first-order valence-corrected chi connectivity index (χ1v) is 4.65. The highest BCUT2D eigenvalue weighted by atomic mass is 19.2. The van der Waals surface area contributed by atoms with Crippen molar-refractivity contribution in [3.05, 3.63) is 35.4 Å². The SMILES string of the molecule is O=C1NCCNC1c1cccc(F)c1F. The Morgan fingerprint density at radius 1 is 1.27 bits per heavy atom. The molecule has 1 atom stereocenters. The van der Waals surface area contributed by atoms with Crippen molar-refractivity contribution in [1.82, 2.24) is 10.6 Å². The Hall–Kier alpha value is -1.49. The lowest BCUT2D eigenvalue weighted by molar-refractivity contribution is -0.124. The number of carbonyl (C=O) groups excluding carboxylic acids is 1. The van der Waals surface area contributed by atoms with Crippen LogP contribution in [0.1, 0.15) is 11.6 Å². The number of benzene rings is 1. The van der Waals surface area contributed by atoms with E-state index in [9.17, 15) is 13.6 Å². The summed E-state index contributed by atoms with van der Waals surface area (Å²) in [5.41, 5.74) is 0.0483. The minimum Gasteiger partial charge on any atom is -0.353 e. The molecule has 2 N–H and O–H groups in total. The molecule has 15 heavy (non-hydrogen) atoms. The molecule has 0 radical (unpaired) electrons. The quantitative estimate of drug-likeness (QED) is 0.720. The van der Waals surface area contributed by atoms with Crippen LogP contribution in [0, 0.1) is 11.6 Å². The third-order valence-corrected chi connectivity index (χ3v) is 2.33. The number of hydrogen-bond acceptors (Lipinski definition) is 2. The zero-order valence-electron chi connectivity index (χ0n) is 7.89. The van der Waals surface area contributed by atoms with Crippen molar-refractivity contribution in [2.75, 3.05) is 13.1 Å². The summed E-state index contributed by atoms with van der Waals surface area (Å²) in [6.45, 7) is 1.05. The summed E-state index contributed by atoms with van der Waals surface area (Å²) in [6, 6.07) is 3.02. The lowest BCUT2D eigenvalue weighted by atomic mass is 10.0. The second kappa shape index (κ2) is 3.94. The monoisotopic (exact) mass is 212 g/mol. The van der Waals surface area contributed by atoms with Gasteiger partial charge in [-0.2, -0.15) is 0 Å². The second-order valence-electron chi connectivity index (χ2n) is 3.32. The Morgan fingerprint density at radius 2 is 2.07 bits per heavy atom. The molecule has 3 nitrogen and oxygen atoms in total. The van der Waals surface area contributed by atoms with Crippen molar-refractivity contribution >= 4 is 5.91 Å². The third kappa shape index (κ3) is 1.83. The van der Waals surface area contributed by atoms with Crippen molar-refractivity contribution in [3.8, 4) is 0 Å². The average Bonchev–Trinajstić information content (AvgIpc) is 2.23. The third-order valence-electron chi connectivity index (χ3n) is 2.33. The Labute approximate surface area is 85.5 Å². The highest BCUT2D eigenvalue weighted by Gasteiger charge is 2.26. The fraction of sp³-hybridized carbons (Fsp3) is 0.300. The summed E-state index contributed by atoms with van der Waals surface area (Å²) in [6.07, 6.45) is 0. The molecule has 0 spiro atoms. The van der Waals surface area contributed by atoms with Crippen LogP contribution in [0.5, 0.6) is 0 Å². The van der Waals surface area contributed by atoms with Crippen LogP contribution in [0.25, 0.3) is 0 Å². The fourth-order valence-electron chi connectivity index (χ4n) is 1.59. The number of amides is 1. The van der Waals surface area contributed by atoms with Crippen LogP contribution >= 0.6 is 0 Å². The van der Waals surface area contributed by atoms with Gasteiger partial charge >= 0.3 is 0 Å². The van der Waals surface area contributed by atoms with Gasteiger partial charge in [-0.25, -0.2) is 8.78 Å². The smallest absolute Gasteiger partial charge is 0.241 e. The Balaban J connectivity index is 2.35. The predicted molar refractivity (Wildman–Crippen MR) is 50.1 cm³/mol. The van der Waals surface area contributed by atoms with E-state index in [1.54, 1.807) is 0 Å². The maximum atomic E-state index is 13.4. The Morgan fingerprint density at radius 3 is 2.80 bits per heavy atom. The number of piperazine rings is 1. The molecular weight excluding hydrogens is 202 g/mol. The van der Waals surface area contributed by atoms with E-state index >= 15 is 0 Å².